The Morgan fingerprint density at radius 3 is 2.33 bits per heavy atom. The molecule has 188 valence electrons. The van der Waals surface area contributed by atoms with Gasteiger partial charge < -0.3 is 20.1 Å². The number of carboxylic acids is 1. The molecule has 0 aromatic heterocycles. The van der Waals surface area contributed by atoms with Crippen molar-refractivity contribution in [1.82, 2.24) is 10.2 Å². The zero-order valence-electron chi connectivity index (χ0n) is 18.5. The number of nitrogens with zero attached hydrogens (tertiary/aromatic N) is 1. The Hall–Kier alpha value is -4.61. The van der Waals surface area contributed by atoms with Crippen LogP contribution in [0.1, 0.15) is 11.1 Å². The number of alkyl halides is 3. The molecule has 9 nitrogen and oxygen atoms in total. The van der Waals surface area contributed by atoms with Crippen molar-refractivity contribution in [1.29, 1.82) is 0 Å². The Morgan fingerprint density at radius 1 is 0.972 bits per heavy atom. The first-order chi connectivity index (χ1) is 17.0. The summed E-state index contributed by atoms with van der Waals surface area (Å²) in [7, 11) is 0. The van der Waals surface area contributed by atoms with E-state index in [4.69, 9.17) is 9.84 Å². The van der Waals surface area contributed by atoms with Crippen molar-refractivity contribution in [2.45, 2.75) is 19.2 Å². The van der Waals surface area contributed by atoms with Crippen molar-refractivity contribution in [3.63, 3.8) is 0 Å². The van der Waals surface area contributed by atoms with Crippen LogP contribution in [0.3, 0.4) is 0 Å². The Balaban J connectivity index is 1.74. The summed E-state index contributed by atoms with van der Waals surface area (Å²) in [5.41, 5.74) is 1.63. The fraction of sp³-hybridized carbons (Fsp3) is 0.167. The highest BCUT2D eigenvalue weighted by Gasteiger charge is 2.38. The predicted molar refractivity (Wildman–Crippen MR) is 120 cm³/mol. The zero-order valence-corrected chi connectivity index (χ0v) is 18.5. The van der Waals surface area contributed by atoms with Crippen molar-refractivity contribution in [2.75, 3.05) is 11.9 Å². The summed E-state index contributed by atoms with van der Waals surface area (Å²) in [6.45, 7) is -0.270. The number of aliphatic carboxylic acids is 1. The Bertz CT molecular complexity index is 1230. The van der Waals surface area contributed by atoms with Gasteiger partial charge in [-0.1, -0.05) is 42.5 Å². The fourth-order valence-electron chi connectivity index (χ4n) is 3.25. The molecular weight excluding hydrogens is 483 g/mol. The first kappa shape index (κ1) is 26.0. The molecule has 2 aromatic carbocycles. The van der Waals surface area contributed by atoms with Gasteiger partial charge in [-0.15, -0.1) is 0 Å². The van der Waals surface area contributed by atoms with Crippen LogP contribution in [0.25, 0.3) is 0 Å². The molecule has 0 spiro atoms. The van der Waals surface area contributed by atoms with E-state index >= 15 is 0 Å². The number of benzene rings is 2. The predicted octanol–water partition coefficient (Wildman–Crippen LogP) is 3.35. The van der Waals surface area contributed by atoms with Crippen molar-refractivity contribution in [2.24, 2.45) is 0 Å². The maximum atomic E-state index is 12.5. The summed E-state index contributed by atoms with van der Waals surface area (Å²) in [6, 6.07) is 14.4. The molecule has 0 atom stereocenters. The summed E-state index contributed by atoms with van der Waals surface area (Å²) in [4.78, 5) is 47.6. The van der Waals surface area contributed by atoms with E-state index in [1.807, 2.05) is 0 Å². The molecule has 0 saturated carbocycles. The number of amides is 3. The van der Waals surface area contributed by atoms with Crippen LogP contribution in [0.15, 0.2) is 78.1 Å². The molecule has 0 saturated heterocycles. The van der Waals surface area contributed by atoms with Crippen LogP contribution in [0, 0.1) is 0 Å². The number of nitrogens with one attached hydrogen (secondary N) is 2. The van der Waals surface area contributed by atoms with Crippen LogP contribution in [-0.2, 0) is 32.1 Å². The van der Waals surface area contributed by atoms with Gasteiger partial charge in [0.15, 0.2) is 0 Å². The highest BCUT2D eigenvalue weighted by Crippen LogP contribution is 2.22. The lowest BCUT2D eigenvalue weighted by Gasteiger charge is -2.24. The van der Waals surface area contributed by atoms with Crippen LogP contribution in [0.5, 0.6) is 0 Å². The summed E-state index contributed by atoms with van der Waals surface area (Å²) < 4.78 is 42.7. The van der Waals surface area contributed by atoms with Gasteiger partial charge in [0.05, 0.1) is 6.54 Å². The topological polar surface area (TPSA) is 125 Å². The van der Waals surface area contributed by atoms with E-state index in [2.05, 4.69) is 5.32 Å². The van der Waals surface area contributed by atoms with E-state index < -0.39 is 30.1 Å². The van der Waals surface area contributed by atoms with E-state index in [1.165, 1.54) is 30.5 Å². The number of rotatable bonds is 6. The Kier molecular flexibility index (Phi) is 8.10. The summed E-state index contributed by atoms with van der Waals surface area (Å²) in [5, 5.41) is 13.3. The van der Waals surface area contributed by atoms with Gasteiger partial charge in [0.1, 0.15) is 6.61 Å². The number of carbonyl (C=O) groups is 4. The molecule has 3 rings (SSSR count). The molecule has 0 fully saturated rings. The molecule has 1 aliphatic heterocycles. The van der Waals surface area contributed by atoms with Gasteiger partial charge in [-0.3, -0.25) is 14.9 Å². The molecule has 0 unspecified atom stereocenters. The number of hydrogen-bond acceptors (Lipinski definition) is 5. The summed E-state index contributed by atoms with van der Waals surface area (Å²) in [6.07, 6.45) is -3.08. The molecule has 12 heteroatoms. The van der Waals surface area contributed by atoms with Gasteiger partial charge in [0.2, 0.25) is 0 Å². The van der Waals surface area contributed by atoms with Crippen molar-refractivity contribution in [3.8, 4) is 0 Å². The second-order valence-corrected chi connectivity index (χ2v) is 7.63. The van der Waals surface area contributed by atoms with Crippen LogP contribution >= 0.6 is 0 Å². The molecule has 36 heavy (non-hydrogen) atoms. The number of anilines is 1. The third kappa shape index (κ3) is 7.45. The lowest BCUT2D eigenvalue weighted by molar-refractivity contribution is -0.167. The zero-order chi connectivity index (χ0) is 26.3. The van der Waals surface area contributed by atoms with Crippen molar-refractivity contribution in [3.05, 3.63) is 89.3 Å². The standard InChI is InChI=1S/C24H20F3N3O6/c25-24(26,27)22(34)28-18-8-4-7-16(10-18)9-17-11-19(13-30(12-17)20(31)21(32)33)29-23(35)36-14-15-5-2-1-3-6-15/h1-8,10-12H,9,13-14H2,(H,28,34)(H,29,35)(H,32,33). The minimum atomic E-state index is -5.06. The minimum absolute atomic E-state index is 0.0170. The molecule has 1 aliphatic rings. The number of hydrogen-bond donors (Lipinski definition) is 3. The van der Waals surface area contributed by atoms with Gasteiger partial charge in [0.25, 0.3) is 0 Å². The first-order valence-corrected chi connectivity index (χ1v) is 10.4. The highest BCUT2D eigenvalue weighted by molar-refractivity contribution is 6.31. The number of alkyl carbamates (subject to hydrolysis) is 1. The Labute approximate surface area is 202 Å². The second-order valence-electron chi connectivity index (χ2n) is 7.63. The third-order valence-electron chi connectivity index (χ3n) is 4.79. The number of carbonyl (C=O) groups excluding carboxylic acids is 3. The number of allylic oxidation sites excluding steroid dienone is 2. The normalized spacial score (nSPS) is 13.2. The fourth-order valence-corrected chi connectivity index (χ4v) is 3.25. The average Bonchev–Trinajstić information content (AvgIpc) is 2.82. The molecule has 3 amide bonds. The molecule has 0 radical (unpaired) electrons. The number of carboxylic acid groups (broad SMARTS) is 1. The first-order valence-electron chi connectivity index (χ1n) is 10.4. The lowest BCUT2D eigenvalue weighted by atomic mass is 10.0. The minimum Gasteiger partial charge on any atom is -0.474 e. The number of ether oxygens (including phenoxy) is 1. The smallest absolute Gasteiger partial charge is 0.471 e. The average molecular weight is 503 g/mol. The maximum Gasteiger partial charge on any atom is 0.471 e. The molecule has 1 heterocycles. The van der Waals surface area contributed by atoms with Gasteiger partial charge >= 0.3 is 30.1 Å². The van der Waals surface area contributed by atoms with E-state index in [0.717, 1.165) is 10.5 Å². The van der Waals surface area contributed by atoms with E-state index in [0.29, 0.717) is 11.1 Å². The largest absolute Gasteiger partial charge is 0.474 e. The molecule has 0 aliphatic carbocycles. The van der Waals surface area contributed by atoms with Gasteiger partial charge in [-0.25, -0.2) is 9.59 Å². The van der Waals surface area contributed by atoms with Crippen LogP contribution in [-0.4, -0.2) is 46.6 Å². The molecular formula is C24H20F3N3O6. The van der Waals surface area contributed by atoms with E-state index in [1.54, 1.807) is 41.7 Å². The molecule has 0 bridgehead atoms. The van der Waals surface area contributed by atoms with Crippen LogP contribution in [0.4, 0.5) is 23.7 Å². The van der Waals surface area contributed by atoms with E-state index in [-0.39, 0.29) is 31.0 Å². The van der Waals surface area contributed by atoms with Crippen LogP contribution in [0.2, 0.25) is 0 Å². The summed E-state index contributed by atoms with van der Waals surface area (Å²) in [5.74, 6) is -5.09. The maximum absolute atomic E-state index is 12.5. The van der Waals surface area contributed by atoms with Crippen molar-refractivity contribution < 1.29 is 42.2 Å². The van der Waals surface area contributed by atoms with Gasteiger partial charge in [0, 0.05) is 17.6 Å². The SMILES string of the molecule is O=C(NC1=CC(Cc2cccc(NC(=O)C(F)(F)F)c2)=CN(C(=O)C(=O)O)C1)OCc1ccccc1. The van der Waals surface area contributed by atoms with Gasteiger partial charge in [-0.05, 0) is 41.3 Å². The molecule has 3 N–H and O–H groups in total. The monoisotopic (exact) mass is 503 g/mol. The molecule has 2 aromatic rings. The Morgan fingerprint density at radius 2 is 1.67 bits per heavy atom. The second kappa shape index (κ2) is 11.2. The quantitative estimate of drug-likeness (QED) is 0.520. The van der Waals surface area contributed by atoms with Crippen LogP contribution < -0.4 is 10.6 Å². The highest BCUT2D eigenvalue weighted by atomic mass is 19.4. The third-order valence-corrected chi connectivity index (χ3v) is 4.79. The summed E-state index contributed by atoms with van der Waals surface area (Å²) >= 11 is 0. The number of halogens is 3. The van der Waals surface area contributed by atoms with Crippen molar-refractivity contribution >= 4 is 29.6 Å². The lowest BCUT2D eigenvalue weighted by Crippen LogP contribution is -2.39. The van der Waals surface area contributed by atoms with Gasteiger partial charge in [-0.2, -0.15) is 13.2 Å². The van der Waals surface area contributed by atoms with E-state index in [9.17, 15) is 32.3 Å².